The average Bonchev–Trinajstić information content (AvgIpc) is 2.74. The molecule has 1 aromatic carbocycles. The van der Waals surface area contributed by atoms with Gasteiger partial charge in [-0.25, -0.2) is 0 Å². The third-order valence-electron chi connectivity index (χ3n) is 3.79. The largest absolute Gasteiger partial charge is 0.397 e. The molecule has 1 aliphatic heterocycles. The van der Waals surface area contributed by atoms with E-state index < -0.39 is 0 Å². The van der Waals surface area contributed by atoms with Gasteiger partial charge in [0.2, 0.25) is 5.91 Å². The van der Waals surface area contributed by atoms with Gasteiger partial charge in [0.1, 0.15) is 0 Å². The molecule has 1 aromatic rings. The predicted molar refractivity (Wildman–Crippen MR) is 85.0 cm³/mol. The fourth-order valence-corrected chi connectivity index (χ4v) is 2.63. The van der Waals surface area contributed by atoms with Crippen molar-refractivity contribution in [1.29, 1.82) is 0 Å². The van der Waals surface area contributed by atoms with Gasteiger partial charge in [0.15, 0.2) is 0 Å². The normalized spacial score (nSPS) is 14.8. The smallest absolute Gasteiger partial charge is 0.228 e. The molecule has 1 atom stereocenters. The number of fused-ring (bicyclic) bond motifs is 1. The molecule has 0 saturated heterocycles. The molecule has 2 rings (SSSR count). The highest BCUT2D eigenvalue weighted by atomic mass is 16.1. The Labute approximate surface area is 121 Å². The first-order valence-corrected chi connectivity index (χ1v) is 7.59. The van der Waals surface area contributed by atoms with Gasteiger partial charge in [-0.05, 0) is 31.0 Å². The number of nitrogens with one attached hydrogen (secondary N) is 2. The van der Waals surface area contributed by atoms with E-state index >= 15 is 0 Å². The summed E-state index contributed by atoms with van der Waals surface area (Å²) in [5.41, 5.74) is 9.60. The number of nitrogen functional groups attached to an aromatic ring is 1. The zero-order valence-electron chi connectivity index (χ0n) is 12.5. The predicted octanol–water partition coefficient (Wildman–Crippen LogP) is 3.53. The van der Waals surface area contributed by atoms with Crippen molar-refractivity contribution < 1.29 is 4.79 Å². The fraction of sp³-hybridized carbons (Fsp3) is 0.562. The van der Waals surface area contributed by atoms with Crippen molar-refractivity contribution in [2.24, 2.45) is 0 Å². The van der Waals surface area contributed by atoms with E-state index in [1.54, 1.807) is 0 Å². The van der Waals surface area contributed by atoms with Crippen molar-refractivity contribution in [1.82, 2.24) is 0 Å². The highest BCUT2D eigenvalue weighted by molar-refractivity contribution is 6.00. The summed E-state index contributed by atoms with van der Waals surface area (Å²) in [6.45, 7) is 4.40. The van der Waals surface area contributed by atoms with Crippen molar-refractivity contribution in [3.05, 3.63) is 17.7 Å². The SMILES string of the molecule is CCCCCCC(C)Nc1cc2c(cc1N)CC(=O)N2. The molecular weight excluding hydrogens is 250 g/mol. The molecule has 1 aliphatic rings. The van der Waals surface area contributed by atoms with Crippen LogP contribution in [-0.2, 0) is 11.2 Å². The van der Waals surface area contributed by atoms with E-state index in [1.165, 1.54) is 25.7 Å². The van der Waals surface area contributed by atoms with Crippen molar-refractivity contribution in [3.63, 3.8) is 0 Å². The van der Waals surface area contributed by atoms with Gasteiger partial charge in [-0.2, -0.15) is 0 Å². The minimum Gasteiger partial charge on any atom is -0.397 e. The van der Waals surface area contributed by atoms with Gasteiger partial charge >= 0.3 is 0 Å². The van der Waals surface area contributed by atoms with Crippen LogP contribution in [0.15, 0.2) is 12.1 Å². The monoisotopic (exact) mass is 275 g/mol. The van der Waals surface area contributed by atoms with Gasteiger partial charge in [0.25, 0.3) is 0 Å². The first-order chi connectivity index (χ1) is 9.60. The summed E-state index contributed by atoms with van der Waals surface area (Å²) in [6.07, 6.45) is 6.68. The summed E-state index contributed by atoms with van der Waals surface area (Å²) < 4.78 is 0. The molecule has 1 amide bonds. The maximum Gasteiger partial charge on any atom is 0.228 e. The number of nitrogens with two attached hydrogens (primary N) is 1. The van der Waals surface area contributed by atoms with Crippen LogP contribution in [0.4, 0.5) is 17.1 Å². The third-order valence-corrected chi connectivity index (χ3v) is 3.79. The van der Waals surface area contributed by atoms with Crippen LogP contribution in [0.25, 0.3) is 0 Å². The number of benzene rings is 1. The number of carbonyl (C=O) groups excluding carboxylic acids is 1. The molecule has 20 heavy (non-hydrogen) atoms. The number of hydrogen-bond donors (Lipinski definition) is 3. The number of rotatable bonds is 7. The molecule has 0 bridgehead atoms. The van der Waals surface area contributed by atoms with Crippen LogP contribution in [0.3, 0.4) is 0 Å². The number of anilines is 3. The first kappa shape index (κ1) is 14.7. The van der Waals surface area contributed by atoms with E-state index in [4.69, 9.17) is 5.73 Å². The van der Waals surface area contributed by atoms with Gasteiger partial charge in [-0.3, -0.25) is 4.79 Å². The Morgan fingerprint density at radius 3 is 2.90 bits per heavy atom. The molecule has 0 radical (unpaired) electrons. The van der Waals surface area contributed by atoms with E-state index in [-0.39, 0.29) is 5.91 Å². The van der Waals surface area contributed by atoms with Gasteiger partial charge in [0, 0.05) is 11.7 Å². The minimum absolute atomic E-state index is 0.0455. The van der Waals surface area contributed by atoms with Crippen LogP contribution in [0.2, 0.25) is 0 Å². The van der Waals surface area contributed by atoms with Gasteiger partial charge in [0.05, 0.1) is 17.8 Å². The number of hydrogen-bond acceptors (Lipinski definition) is 3. The summed E-state index contributed by atoms with van der Waals surface area (Å²) in [5, 5.41) is 6.32. The number of unbranched alkanes of at least 4 members (excludes halogenated alkanes) is 3. The molecule has 0 aliphatic carbocycles. The van der Waals surface area contributed by atoms with E-state index in [1.807, 2.05) is 12.1 Å². The summed E-state index contributed by atoms with van der Waals surface area (Å²) >= 11 is 0. The second kappa shape index (κ2) is 6.64. The molecule has 4 heteroatoms. The average molecular weight is 275 g/mol. The molecule has 4 nitrogen and oxygen atoms in total. The molecule has 1 heterocycles. The number of amides is 1. The lowest BCUT2D eigenvalue weighted by Crippen LogP contribution is -2.16. The van der Waals surface area contributed by atoms with Crippen LogP contribution >= 0.6 is 0 Å². The summed E-state index contributed by atoms with van der Waals surface area (Å²) in [4.78, 5) is 11.4. The van der Waals surface area contributed by atoms with Crippen molar-refractivity contribution in [2.45, 2.75) is 58.4 Å². The maximum absolute atomic E-state index is 11.4. The lowest BCUT2D eigenvalue weighted by Gasteiger charge is -2.17. The van der Waals surface area contributed by atoms with Crippen LogP contribution in [0.5, 0.6) is 0 Å². The standard InChI is InChI=1S/C16H25N3O/c1-3-4-5-6-7-11(2)18-15-10-14-12(8-13(15)17)9-16(20)19-14/h8,10-11,18H,3-7,9,17H2,1-2H3,(H,19,20). The van der Waals surface area contributed by atoms with E-state index in [9.17, 15) is 4.79 Å². The maximum atomic E-state index is 11.4. The first-order valence-electron chi connectivity index (χ1n) is 7.59. The van der Waals surface area contributed by atoms with E-state index in [2.05, 4.69) is 24.5 Å². The Kier molecular flexibility index (Phi) is 4.88. The van der Waals surface area contributed by atoms with Gasteiger partial charge in [-0.1, -0.05) is 32.6 Å². The van der Waals surface area contributed by atoms with Crippen LogP contribution < -0.4 is 16.4 Å². The summed E-state index contributed by atoms with van der Waals surface area (Å²) in [6, 6.07) is 4.25. The lowest BCUT2D eigenvalue weighted by atomic mass is 10.1. The highest BCUT2D eigenvalue weighted by Gasteiger charge is 2.19. The molecule has 1 unspecified atom stereocenters. The molecule has 0 spiro atoms. The molecule has 0 fully saturated rings. The Hall–Kier alpha value is -1.71. The molecule has 0 aromatic heterocycles. The van der Waals surface area contributed by atoms with Gasteiger partial charge in [-0.15, -0.1) is 0 Å². The summed E-state index contributed by atoms with van der Waals surface area (Å²) in [7, 11) is 0. The second-order valence-electron chi connectivity index (χ2n) is 5.72. The third kappa shape index (κ3) is 3.65. The molecular formula is C16H25N3O. The zero-order valence-corrected chi connectivity index (χ0v) is 12.5. The quantitative estimate of drug-likeness (QED) is 0.526. The Morgan fingerprint density at radius 1 is 1.35 bits per heavy atom. The van der Waals surface area contributed by atoms with E-state index in [0.717, 1.165) is 29.0 Å². The van der Waals surface area contributed by atoms with Crippen LogP contribution in [0.1, 0.15) is 51.5 Å². The van der Waals surface area contributed by atoms with Crippen molar-refractivity contribution >= 4 is 23.0 Å². The molecule has 110 valence electrons. The second-order valence-corrected chi connectivity index (χ2v) is 5.72. The highest BCUT2D eigenvalue weighted by Crippen LogP contribution is 2.32. The topological polar surface area (TPSA) is 67.1 Å². The minimum atomic E-state index is 0.0455. The molecule has 4 N–H and O–H groups in total. The van der Waals surface area contributed by atoms with E-state index in [0.29, 0.717) is 12.5 Å². The zero-order chi connectivity index (χ0) is 14.5. The van der Waals surface area contributed by atoms with Crippen LogP contribution in [0, 0.1) is 0 Å². The van der Waals surface area contributed by atoms with Gasteiger partial charge < -0.3 is 16.4 Å². The Morgan fingerprint density at radius 2 is 2.15 bits per heavy atom. The Balaban J connectivity index is 1.93. The lowest BCUT2D eigenvalue weighted by molar-refractivity contribution is -0.115. The van der Waals surface area contributed by atoms with Crippen molar-refractivity contribution in [3.8, 4) is 0 Å². The fourth-order valence-electron chi connectivity index (χ4n) is 2.63. The molecule has 0 saturated carbocycles. The van der Waals surface area contributed by atoms with Crippen LogP contribution in [-0.4, -0.2) is 11.9 Å². The van der Waals surface area contributed by atoms with Crippen molar-refractivity contribution in [2.75, 3.05) is 16.4 Å². The Bertz CT molecular complexity index is 485. The number of carbonyl (C=O) groups is 1. The summed E-state index contributed by atoms with van der Waals surface area (Å²) in [5.74, 6) is 0.0455.